The first kappa shape index (κ1) is 23.9. The van der Waals surface area contributed by atoms with Crippen LogP contribution in [0.1, 0.15) is 49.8 Å². The number of nitrogens with zero attached hydrogens (tertiary/aromatic N) is 7. The summed E-state index contributed by atoms with van der Waals surface area (Å²) in [6.45, 7) is 3.70. The van der Waals surface area contributed by atoms with Gasteiger partial charge in [0.05, 0.1) is 24.6 Å². The highest BCUT2D eigenvalue weighted by molar-refractivity contribution is 6.30. The van der Waals surface area contributed by atoms with Crippen molar-refractivity contribution in [2.24, 2.45) is 0 Å². The zero-order valence-electron chi connectivity index (χ0n) is 19.2. The lowest BCUT2D eigenvalue weighted by Crippen LogP contribution is -2.53. The van der Waals surface area contributed by atoms with Gasteiger partial charge in [-0.3, -0.25) is 9.47 Å². The Morgan fingerprint density at radius 3 is 2.34 bits per heavy atom. The highest BCUT2D eigenvalue weighted by atomic mass is 35.5. The van der Waals surface area contributed by atoms with Crippen molar-refractivity contribution in [1.29, 1.82) is 0 Å². The third-order valence-electron chi connectivity index (χ3n) is 6.96. The van der Waals surface area contributed by atoms with Gasteiger partial charge in [0, 0.05) is 30.6 Å². The lowest BCUT2D eigenvalue weighted by atomic mass is 9.95. The smallest absolute Gasteiger partial charge is 0.341 e. The van der Waals surface area contributed by atoms with E-state index in [0.29, 0.717) is 35.4 Å². The highest BCUT2D eigenvalue weighted by Gasteiger charge is 2.52. The van der Waals surface area contributed by atoms with Crippen LogP contribution in [0.15, 0.2) is 30.6 Å². The van der Waals surface area contributed by atoms with E-state index in [1.807, 2.05) is 15.5 Å². The molecule has 1 saturated heterocycles. The van der Waals surface area contributed by atoms with Crippen LogP contribution in [0.5, 0.6) is 0 Å². The van der Waals surface area contributed by atoms with E-state index >= 15 is 0 Å². The normalized spacial score (nSPS) is 17.7. The first-order valence-corrected chi connectivity index (χ1v) is 11.7. The van der Waals surface area contributed by atoms with Gasteiger partial charge in [-0.1, -0.05) is 11.6 Å². The number of aromatic nitrogens is 5. The predicted molar refractivity (Wildman–Crippen MR) is 122 cm³/mol. The molecule has 5 rings (SSSR count). The van der Waals surface area contributed by atoms with Crippen LogP contribution in [0.2, 0.25) is 5.02 Å². The van der Waals surface area contributed by atoms with E-state index in [-0.39, 0.29) is 19.0 Å². The lowest BCUT2D eigenvalue weighted by molar-refractivity contribution is -0.224. The Morgan fingerprint density at radius 1 is 1.00 bits per heavy atom. The van der Waals surface area contributed by atoms with E-state index in [1.165, 1.54) is 18.7 Å². The maximum absolute atomic E-state index is 13.9. The number of benzene rings is 1. The van der Waals surface area contributed by atoms with Crippen LogP contribution in [-0.4, -0.2) is 54.4 Å². The zero-order chi connectivity index (χ0) is 25.0. The molecule has 35 heavy (non-hydrogen) atoms. The molecule has 0 N–H and O–H groups in total. The molecule has 2 aliphatic rings. The summed E-state index contributed by atoms with van der Waals surface area (Å²) in [6, 6.07) is 5.26. The number of anilines is 1. The number of halogens is 5. The molecule has 0 radical (unpaired) electrons. The van der Waals surface area contributed by atoms with Crippen LogP contribution in [-0.2, 0) is 13.1 Å². The van der Waals surface area contributed by atoms with Gasteiger partial charge in [-0.2, -0.15) is 13.2 Å². The predicted octanol–water partition coefficient (Wildman–Crippen LogP) is 4.89. The molecule has 0 aliphatic carbocycles. The van der Waals surface area contributed by atoms with Crippen molar-refractivity contribution in [2.75, 3.05) is 18.0 Å². The minimum absolute atomic E-state index is 0.00588. The monoisotopic (exact) mass is 509 g/mol. The van der Waals surface area contributed by atoms with Crippen LogP contribution in [0.25, 0.3) is 5.69 Å². The highest BCUT2D eigenvalue weighted by Crippen LogP contribution is 2.40. The summed E-state index contributed by atoms with van der Waals surface area (Å²) in [5.74, 6) is 1.20. The number of piperidine rings is 1. The summed E-state index contributed by atoms with van der Waals surface area (Å²) in [5, 5.41) is 9.24. The fourth-order valence-corrected chi connectivity index (χ4v) is 4.87. The minimum atomic E-state index is -4.43. The van der Waals surface area contributed by atoms with Crippen molar-refractivity contribution in [3.8, 4) is 5.69 Å². The Hall–Kier alpha value is -2.79. The number of alkyl halides is 3. The number of rotatable bonds is 3. The van der Waals surface area contributed by atoms with E-state index in [2.05, 4.69) is 20.2 Å². The summed E-state index contributed by atoms with van der Waals surface area (Å²) < 4.78 is 56.9. The van der Waals surface area contributed by atoms with Gasteiger partial charge in [0.25, 0.3) is 0 Å². The summed E-state index contributed by atoms with van der Waals surface area (Å²) in [7, 11) is 0. The van der Waals surface area contributed by atoms with Gasteiger partial charge in [-0.05, 0) is 50.5 Å². The second-order valence-electron chi connectivity index (χ2n) is 9.46. The maximum Gasteiger partial charge on any atom is 0.406 e. The summed E-state index contributed by atoms with van der Waals surface area (Å²) >= 11 is 6.23. The van der Waals surface area contributed by atoms with E-state index in [1.54, 1.807) is 12.1 Å². The SMILES string of the molecule is CC(C)(N1Cc2cc(Cl)ccc2-n2c(nnc2C2CCN(c3ncc(F)cn3)CC2)C1)C(F)(F)F. The standard InChI is InChI=1S/C23H24ClF4N7/c1-22(2,23(26,27)28)34-12-15-9-16(24)3-4-18(15)35-19(13-34)31-32-20(35)14-5-7-33(8-6-14)21-29-10-17(25)11-30-21/h3-4,9-11,14H,5-8,12-13H2,1-2H3. The zero-order valence-corrected chi connectivity index (χ0v) is 20.0. The molecule has 0 spiro atoms. The van der Waals surface area contributed by atoms with Gasteiger partial charge >= 0.3 is 6.18 Å². The molecule has 2 aromatic heterocycles. The molecule has 0 unspecified atom stereocenters. The van der Waals surface area contributed by atoms with Crippen molar-refractivity contribution in [3.05, 3.63) is 58.6 Å². The molecule has 0 amide bonds. The molecule has 1 fully saturated rings. The molecule has 3 aromatic rings. The summed E-state index contributed by atoms with van der Waals surface area (Å²) in [4.78, 5) is 11.5. The van der Waals surface area contributed by atoms with Gasteiger partial charge in [0.15, 0.2) is 11.6 Å². The minimum Gasteiger partial charge on any atom is -0.341 e. The van der Waals surface area contributed by atoms with Crippen molar-refractivity contribution < 1.29 is 17.6 Å². The Kier molecular flexibility index (Phi) is 5.95. The Balaban J connectivity index is 1.47. The molecule has 1 aromatic carbocycles. The molecule has 7 nitrogen and oxygen atoms in total. The van der Waals surface area contributed by atoms with Crippen LogP contribution >= 0.6 is 11.6 Å². The molecule has 2 aliphatic heterocycles. The molecule has 186 valence electrons. The molecule has 4 heterocycles. The average Bonchev–Trinajstić information content (AvgIpc) is 3.14. The topological polar surface area (TPSA) is 63.0 Å². The van der Waals surface area contributed by atoms with Crippen LogP contribution < -0.4 is 4.90 Å². The number of hydrogen-bond donors (Lipinski definition) is 0. The van der Waals surface area contributed by atoms with Crippen LogP contribution in [0.4, 0.5) is 23.5 Å². The number of hydrogen-bond acceptors (Lipinski definition) is 6. The molecule has 0 bridgehead atoms. The van der Waals surface area contributed by atoms with Crippen molar-refractivity contribution in [1.82, 2.24) is 29.6 Å². The largest absolute Gasteiger partial charge is 0.406 e. The second kappa shape index (κ2) is 8.70. The fourth-order valence-electron chi connectivity index (χ4n) is 4.67. The van der Waals surface area contributed by atoms with Crippen molar-refractivity contribution >= 4 is 17.5 Å². The quantitative estimate of drug-likeness (QED) is 0.468. The number of fused-ring (bicyclic) bond motifs is 3. The average molecular weight is 510 g/mol. The molecular formula is C23H24ClF4N7. The third-order valence-corrected chi connectivity index (χ3v) is 7.20. The molecule has 0 saturated carbocycles. The first-order valence-electron chi connectivity index (χ1n) is 11.3. The van der Waals surface area contributed by atoms with Gasteiger partial charge in [-0.25, -0.2) is 14.4 Å². The fraction of sp³-hybridized carbons (Fsp3) is 0.478. The Bertz CT molecular complexity index is 1220. The Labute approximate surface area is 204 Å². The summed E-state index contributed by atoms with van der Waals surface area (Å²) in [6.07, 6.45) is -0.704. The van der Waals surface area contributed by atoms with Crippen molar-refractivity contribution in [3.63, 3.8) is 0 Å². The molecule has 12 heteroatoms. The van der Waals surface area contributed by atoms with Crippen molar-refractivity contribution in [2.45, 2.75) is 57.4 Å². The summed E-state index contributed by atoms with van der Waals surface area (Å²) in [5.41, 5.74) is -0.644. The van der Waals surface area contributed by atoms with Crippen LogP contribution in [0, 0.1) is 5.82 Å². The first-order chi connectivity index (χ1) is 16.5. The lowest BCUT2D eigenvalue weighted by Gasteiger charge is -2.38. The van der Waals surface area contributed by atoms with Crippen LogP contribution in [0.3, 0.4) is 0 Å². The second-order valence-corrected chi connectivity index (χ2v) is 9.89. The van der Waals surface area contributed by atoms with Gasteiger partial charge in [0.2, 0.25) is 5.95 Å². The van der Waals surface area contributed by atoms with E-state index in [0.717, 1.165) is 36.7 Å². The van der Waals surface area contributed by atoms with E-state index in [4.69, 9.17) is 11.6 Å². The van der Waals surface area contributed by atoms with E-state index in [9.17, 15) is 17.6 Å². The third kappa shape index (κ3) is 4.35. The maximum atomic E-state index is 13.9. The van der Waals surface area contributed by atoms with Gasteiger partial charge in [0.1, 0.15) is 11.4 Å². The Morgan fingerprint density at radius 2 is 1.69 bits per heavy atom. The van der Waals surface area contributed by atoms with Gasteiger partial charge in [-0.15, -0.1) is 10.2 Å². The molecule has 0 atom stereocenters. The van der Waals surface area contributed by atoms with E-state index < -0.39 is 17.5 Å². The van der Waals surface area contributed by atoms with Gasteiger partial charge < -0.3 is 4.90 Å². The molecular weight excluding hydrogens is 486 g/mol.